The van der Waals surface area contributed by atoms with Gasteiger partial charge in [-0.05, 0) is 78.3 Å². The van der Waals surface area contributed by atoms with Crippen LogP contribution in [-0.4, -0.2) is 32.5 Å². The third-order valence-corrected chi connectivity index (χ3v) is 6.82. The standard InChI is InChI=1S/C28H30N4O2/c1-19-4-8-24-22(17-30-26(24)15-19)12-14-32(18-23-3-2-13-29-23)27-10-7-21-16-20(5-9-25(21)27)6-11-28(33)31-34/h2-6,8-9,11,13,15-17,27,29-30,34H,7,10,12,14,18H2,1H3,(H,31,33)/b11-6+. The molecule has 174 valence electrons. The summed E-state index contributed by atoms with van der Waals surface area (Å²) in [5.41, 5.74) is 10.3. The Hall–Kier alpha value is -3.61. The van der Waals surface area contributed by atoms with Crippen molar-refractivity contribution in [2.45, 2.75) is 38.8 Å². The predicted octanol–water partition coefficient (Wildman–Crippen LogP) is 5.06. The number of aromatic amines is 2. The number of carbonyl (C=O) groups excluding carboxylic acids is 1. The Kier molecular flexibility index (Phi) is 6.34. The quantitative estimate of drug-likeness (QED) is 0.171. The van der Waals surface area contributed by atoms with E-state index in [1.807, 2.05) is 12.3 Å². The molecule has 0 bridgehead atoms. The van der Waals surface area contributed by atoms with E-state index in [1.54, 1.807) is 11.6 Å². The lowest BCUT2D eigenvalue weighted by atomic mass is 10.0. The maximum atomic E-state index is 11.3. The van der Waals surface area contributed by atoms with E-state index >= 15 is 0 Å². The Morgan fingerprint density at radius 1 is 1.21 bits per heavy atom. The first-order chi connectivity index (χ1) is 16.6. The first-order valence-electron chi connectivity index (χ1n) is 11.8. The highest BCUT2D eigenvalue weighted by Gasteiger charge is 2.28. The Bertz CT molecular complexity index is 1320. The largest absolute Gasteiger partial charge is 0.364 e. The number of H-pyrrole nitrogens is 2. The molecule has 0 spiro atoms. The molecular formula is C28H30N4O2. The molecule has 4 N–H and O–H groups in total. The van der Waals surface area contributed by atoms with Gasteiger partial charge in [0.15, 0.2) is 0 Å². The van der Waals surface area contributed by atoms with Crippen molar-refractivity contribution in [1.29, 1.82) is 0 Å². The monoisotopic (exact) mass is 454 g/mol. The van der Waals surface area contributed by atoms with Gasteiger partial charge in [-0.25, -0.2) is 5.48 Å². The first-order valence-corrected chi connectivity index (χ1v) is 11.8. The van der Waals surface area contributed by atoms with Crippen LogP contribution in [0.3, 0.4) is 0 Å². The summed E-state index contributed by atoms with van der Waals surface area (Å²) in [5, 5.41) is 10.0. The highest BCUT2D eigenvalue weighted by Crippen LogP contribution is 2.37. The maximum Gasteiger partial charge on any atom is 0.267 e. The number of benzene rings is 2. The third kappa shape index (κ3) is 4.69. The number of carbonyl (C=O) groups is 1. The van der Waals surface area contributed by atoms with Crippen LogP contribution in [-0.2, 0) is 24.2 Å². The van der Waals surface area contributed by atoms with E-state index in [2.05, 4.69) is 70.5 Å². The fraction of sp³-hybridized carbons (Fsp3) is 0.250. The van der Waals surface area contributed by atoms with Gasteiger partial charge in [-0.1, -0.05) is 30.3 Å². The number of hydrogen-bond donors (Lipinski definition) is 4. The van der Waals surface area contributed by atoms with Gasteiger partial charge in [-0.15, -0.1) is 0 Å². The van der Waals surface area contributed by atoms with E-state index in [4.69, 9.17) is 5.21 Å². The second kappa shape index (κ2) is 9.71. The number of nitrogens with one attached hydrogen (secondary N) is 3. The average Bonchev–Trinajstić information content (AvgIpc) is 3.59. The number of rotatable bonds is 8. The lowest BCUT2D eigenvalue weighted by molar-refractivity contribution is -0.124. The first kappa shape index (κ1) is 22.2. The molecule has 0 aliphatic heterocycles. The summed E-state index contributed by atoms with van der Waals surface area (Å²) < 4.78 is 0. The van der Waals surface area contributed by atoms with Gasteiger partial charge in [0.25, 0.3) is 5.91 Å². The Morgan fingerprint density at radius 2 is 2.12 bits per heavy atom. The molecule has 1 atom stereocenters. The number of hydroxylamine groups is 1. The minimum Gasteiger partial charge on any atom is -0.364 e. The van der Waals surface area contributed by atoms with Crippen molar-refractivity contribution in [3.05, 3.63) is 101 Å². The van der Waals surface area contributed by atoms with E-state index in [0.717, 1.165) is 37.9 Å². The third-order valence-electron chi connectivity index (χ3n) is 6.82. The van der Waals surface area contributed by atoms with Crippen molar-refractivity contribution in [3.63, 3.8) is 0 Å². The van der Waals surface area contributed by atoms with Crippen molar-refractivity contribution in [2.75, 3.05) is 6.54 Å². The second-order valence-electron chi connectivity index (χ2n) is 9.10. The van der Waals surface area contributed by atoms with Gasteiger partial charge in [0, 0.05) is 54.2 Å². The van der Waals surface area contributed by atoms with Crippen molar-refractivity contribution in [1.82, 2.24) is 20.3 Å². The van der Waals surface area contributed by atoms with Gasteiger partial charge in [0.05, 0.1) is 0 Å². The van der Waals surface area contributed by atoms with Crippen molar-refractivity contribution >= 4 is 22.9 Å². The zero-order valence-electron chi connectivity index (χ0n) is 19.3. The van der Waals surface area contributed by atoms with Gasteiger partial charge in [-0.2, -0.15) is 0 Å². The molecule has 1 amide bonds. The van der Waals surface area contributed by atoms with Gasteiger partial charge >= 0.3 is 0 Å². The van der Waals surface area contributed by atoms with E-state index in [1.165, 1.54) is 44.9 Å². The smallest absolute Gasteiger partial charge is 0.267 e. The van der Waals surface area contributed by atoms with Crippen LogP contribution in [0.4, 0.5) is 0 Å². The van der Waals surface area contributed by atoms with Crippen LogP contribution in [0, 0.1) is 6.92 Å². The number of amides is 1. The summed E-state index contributed by atoms with van der Waals surface area (Å²) in [6, 6.07) is 17.6. The van der Waals surface area contributed by atoms with Gasteiger partial charge in [0.2, 0.25) is 0 Å². The molecule has 34 heavy (non-hydrogen) atoms. The van der Waals surface area contributed by atoms with Gasteiger partial charge in [0.1, 0.15) is 0 Å². The molecule has 0 saturated carbocycles. The Labute approximate surface area is 199 Å². The number of aromatic nitrogens is 2. The molecule has 4 aromatic rings. The lowest BCUT2D eigenvalue weighted by Gasteiger charge is -2.29. The summed E-state index contributed by atoms with van der Waals surface area (Å²) >= 11 is 0. The fourth-order valence-corrected chi connectivity index (χ4v) is 5.11. The van der Waals surface area contributed by atoms with Crippen LogP contribution in [0.2, 0.25) is 0 Å². The van der Waals surface area contributed by atoms with E-state index < -0.39 is 5.91 Å². The molecule has 0 fully saturated rings. The van der Waals surface area contributed by atoms with E-state index in [0.29, 0.717) is 6.04 Å². The van der Waals surface area contributed by atoms with Crippen molar-refractivity contribution in [3.8, 4) is 0 Å². The number of aryl methyl sites for hydroxylation is 2. The molecule has 0 radical (unpaired) electrons. The summed E-state index contributed by atoms with van der Waals surface area (Å²) in [7, 11) is 0. The zero-order chi connectivity index (χ0) is 23.5. The van der Waals surface area contributed by atoms with Crippen molar-refractivity contribution in [2.24, 2.45) is 0 Å². The normalized spacial score (nSPS) is 15.4. The zero-order valence-corrected chi connectivity index (χ0v) is 19.3. The summed E-state index contributed by atoms with van der Waals surface area (Å²) in [5.74, 6) is -0.525. The number of fused-ring (bicyclic) bond motifs is 2. The molecule has 2 aromatic carbocycles. The van der Waals surface area contributed by atoms with Gasteiger partial charge < -0.3 is 9.97 Å². The minimum absolute atomic E-state index is 0.351. The van der Waals surface area contributed by atoms with Crippen LogP contribution < -0.4 is 5.48 Å². The SMILES string of the molecule is Cc1ccc2c(CCN(Cc3ccc[nH]3)C3CCc4cc(/C=C/C(=O)NO)ccc43)c[nH]c2c1. The van der Waals surface area contributed by atoms with Crippen LogP contribution in [0.1, 0.15) is 46.0 Å². The molecule has 6 nitrogen and oxygen atoms in total. The molecule has 1 aliphatic rings. The molecule has 2 aromatic heterocycles. The van der Waals surface area contributed by atoms with Gasteiger partial charge in [-0.3, -0.25) is 14.9 Å². The van der Waals surface area contributed by atoms with Crippen molar-refractivity contribution < 1.29 is 10.0 Å². The molecule has 1 aliphatic carbocycles. The molecule has 2 heterocycles. The predicted molar refractivity (Wildman–Crippen MR) is 134 cm³/mol. The van der Waals surface area contributed by atoms with E-state index in [-0.39, 0.29) is 0 Å². The number of hydrogen-bond acceptors (Lipinski definition) is 3. The van der Waals surface area contributed by atoms with Crippen LogP contribution in [0.15, 0.2) is 67.0 Å². The summed E-state index contributed by atoms with van der Waals surface area (Å²) in [6.45, 7) is 3.96. The highest BCUT2D eigenvalue weighted by atomic mass is 16.5. The lowest BCUT2D eigenvalue weighted by Crippen LogP contribution is -2.29. The topological polar surface area (TPSA) is 84.2 Å². The summed E-state index contributed by atoms with van der Waals surface area (Å²) in [4.78, 5) is 20.7. The molecule has 5 rings (SSSR count). The summed E-state index contributed by atoms with van der Waals surface area (Å²) in [6.07, 6.45) is 10.3. The second-order valence-corrected chi connectivity index (χ2v) is 9.10. The molecule has 1 unspecified atom stereocenters. The van der Waals surface area contributed by atoms with E-state index in [9.17, 15) is 4.79 Å². The maximum absolute atomic E-state index is 11.3. The fourth-order valence-electron chi connectivity index (χ4n) is 5.11. The van der Waals surface area contributed by atoms with Crippen LogP contribution in [0.5, 0.6) is 0 Å². The molecule has 0 saturated heterocycles. The molecule has 6 heteroatoms. The Morgan fingerprint density at radius 3 is 2.94 bits per heavy atom. The highest BCUT2D eigenvalue weighted by molar-refractivity contribution is 5.90. The van der Waals surface area contributed by atoms with Crippen LogP contribution in [0.25, 0.3) is 17.0 Å². The number of nitrogens with zero attached hydrogens (tertiary/aromatic N) is 1. The average molecular weight is 455 g/mol. The minimum atomic E-state index is -0.525. The molecular weight excluding hydrogens is 424 g/mol. The Balaban J connectivity index is 1.37. The van der Waals surface area contributed by atoms with Crippen LogP contribution >= 0.6 is 0 Å².